The molecule has 1 rings (SSSR count). The Morgan fingerprint density at radius 3 is 2.63 bits per heavy atom. The van der Waals surface area contributed by atoms with E-state index < -0.39 is 0 Å². The number of ether oxygens (including phenoxy) is 1. The largest absolute Gasteiger partial charge is 0.469 e. The summed E-state index contributed by atoms with van der Waals surface area (Å²) in [7, 11) is 1.33. The van der Waals surface area contributed by atoms with Crippen LogP contribution in [-0.4, -0.2) is 37.0 Å². The van der Waals surface area contributed by atoms with Crippen molar-refractivity contribution in [3.8, 4) is 0 Å². The van der Waals surface area contributed by atoms with Crippen LogP contribution in [-0.2, 0) is 9.53 Å². The van der Waals surface area contributed by atoms with Crippen LogP contribution < -0.4 is 0 Å². The van der Waals surface area contributed by atoms with Gasteiger partial charge < -0.3 is 9.64 Å². The normalized spacial score (nSPS) is 10.1. The number of benzene rings is 1. The van der Waals surface area contributed by atoms with Gasteiger partial charge in [-0.05, 0) is 25.1 Å². The third kappa shape index (κ3) is 4.51. The zero-order chi connectivity index (χ0) is 14.4. The quantitative estimate of drug-likeness (QED) is 0.768. The van der Waals surface area contributed by atoms with E-state index in [1.54, 1.807) is 23.1 Å². The molecule has 0 aromatic heterocycles. The fourth-order valence-electron chi connectivity index (χ4n) is 1.56. The maximum Gasteiger partial charge on any atom is 0.307 e. The standard InChI is InChI=1S/C13H15BrClNO3/c1-3-16(7-6-12(17)19-2)13(18)10-5-4-9(14)8-11(10)15/h4-5,8H,3,6-7H2,1-2H3. The van der Waals surface area contributed by atoms with Gasteiger partial charge in [0.15, 0.2) is 0 Å². The summed E-state index contributed by atoms with van der Waals surface area (Å²) < 4.78 is 5.37. The molecule has 0 heterocycles. The van der Waals surface area contributed by atoms with Gasteiger partial charge in [-0.1, -0.05) is 27.5 Å². The molecule has 0 saturated carbocycles. The Hall–Kier alpha value is -1.07. The Morgan fingerprint density at radius 1 is 1.42 bits per heavy atom. The van der Waals surface area contributed by atoms with Crippen LogP contribution in [0.4, 0.5) is 0 Å². The van der Waals surface area contributed by atoms with Crippen molar-refractivity contribution in [1.29, 1.82) is 0 Å². The summed E-state index contributed by atoms with van der Waals surface area (Å²) in [5.74, 6) is -0.531. The second-order valence-corrected chi connectivity index (χ2v) is 5.16. The van der Waals surface area contributed by atoms with Crippen LogP contribution in [0.25, 0.3) is 0 Å². The molecule has 4 nitrogen and oxygen atoms in total. The van der Waals surface area contributed by atoms with E-state index in [-0.39, 0.29) is 18.3 Å². The minimum absolute atomic E-state index is 0.171. The number of hydrogen-bond donors (Lipinski definition) is 0. The number of methoxy groups -OCH3 is 1. The lowest BCUT2D eigenvalue weighted by Gasteiger charge is -2.21. The Balaban J connectivity index is 2.80. The Bertz CT molecular complexity index is 479. The molecule has 0 aliphatic rings. The number of rotatable bonds is 5. The molecule has 0 atom stereocenters. The van der Waals surface area contributed by atoms with Crippen molar-refractivity contribution in [3.63, 3.8) is 0 Å². The fraction of sp³-hybridized carbons (Fsp3) is 0.385. The first-order valence-corrected chi connectivity index (χ1v) is 6.97. The van der Waals surface area contributed by atoms with E-state index in [2.05, 4.69) is 20.7 Å². The number of hydrogen-bond acceptors (Lipinski definition) is 3. The van der Waals surface area contributed by atoms with Gasteiger partial charge in [-0.2, -0.15) is 0 Å². The maximum atomic E-state index is 12.3. The Kier molecular flexibility index (Phi) is 6.31. The molecule has 19 heavy (non-hydrogen) atoms. The molecule has 104 valence electrons. The summed E-state index contributed by atoms with van der Waals surface area (Å²) >= 11 is 9.33. The summed E-state index contributed by atoms with van der Waals surface area (Å²) in [6.45, 7) is 2.67. The van der Waals surface area contributed by atoms with Gasteiger partial charge in [-0.25, -0.2) is 0 Å². The van der Waals surface area contributed by atoms with E-state index in [0.717, 1.165) is 4.47 Å². The molecular weight excluding hydrogens is 334 g/mol. The molecule has 0 saturated heterocycles. The van der Waals surface area contributed by atoms with Crippen molar-refractivity contribution in [2.24, 2.45) is 0 Å². The summed E-state index contributed by atoms with van der Waals surface area (Å²) in [6, 6.07) is 5.09. The van der Waals surface area contributed by atoms with Gasteiger partial charge in [0.1, 0.15) is 0 Å². The molecule has 0 aliphatic heterocycles. The van der Waals surface area contributed by atoms with E-state index in [1.807, 2.05) is 6.92 Å². The zero-order valence-corrected chi connectivity index (χ0v) is 13.1. The molecule has 0 fully saturated rings. The molecule has 0 unspecified atom stereocenters. The van der Waals surface area contributed by atoms with E-state index >= 15 is 0 Å². The predicted octanol–water partition coefficient (Wildman–Crippen LogP) is 3.13. The van der Waals surface area contributed by atoms with Gasteiger partial charge in [0.2, 0.25) is 0 Å². The van der Waals surface area contributed by atoms with Crippen LogP contribution in [0.5, 0.6) is 0 Å². The number of carbonyl (C=O) groups excluding carboxylic acids is 2. The maximum absolute atomic E-state index is 12.3. The topological polar surface area (TPSA) is 46.6 Å². The minimum Gasteiger partial charge on any atom is -0.469 e. The smallest absolute Gasteiger partial charge is 0.307 e. The third-order valence-electron chi connectivity index (χ3n) is 2.64. The highest BCUT2D eigenvalue weighted by atomic mass is 79.9. The van der Waals surface area contributed by atoms with Crippen LogP contribution in [0.1, 0.15) is 23.7 Å². The van der Waals surface area contributed by atoms with Crippen LogP contribution in [0.15, 0.2) is 22.7 Å². The van der Waals surface area contributed by atoms with Crippen LogP contribution >= 0.6 is 27.5 Å². The van der Waals surface area contributed by atoms with Crippen molar-refractivity contribution in [2.45, 2.75) is 13.3 Å². The molecule has 0 aliphatic carbocycles. The monoisotopic (exact) mass is 347 g/mol. The Morgan fingerprint density at radius 2 is 2.11 bits per heavy atom. The average Bonchev–Trinajstić information content (AvgIpc) is 2.38. The second-order valence-electron chi connectivity index (χ2n) is 3.84. The number of halogens is 2. The molecule has 0 N–H and O–H groups in total. The Labute approximate surface area is 125 Å². The van der Waals surface area contributed by atoms with Crippen LogP contribution in [0, 0.1) is 0 Å². The predicted molar refractivity (Wildman–Crippen MR) is 77.4 cm³/mol. The van der Waals surface area contributed by atoms with Gasteiger partial charge >= 0.3 is 5.97 Å². The lowest BCUT2D eigenvalue weighted by Crippen LogP contribution is -2.33. The molecule has 0 bridgehead atoms. The van der Waals surface area contributed by atoms with Crippen molar-refractivity contribution < 1.29 is 14.3 Å². The number of carbonyl (C=O) groups is 2. The first-order chi connectivity index (χ1) is 8.99. The van der Waals surface area contributed by atoms with E-state index in [4.69, 9.17) is 11.6 Å². The van der Waals surface area contributed by atoms with Crippen molar-refractivity contribution in [3.05, 3.63) is 33.3 Å². The van der Waals surface area contributed by atoms with Crippen LogP contribution in [0.2, 0.25) is 5.02 Å². The van der Waals surface area contributed by atoms with E-state index in [0.29, 0.717) is 23.7 Å². The molecule has 1 aromatic rings. The van der Waals surface area contributed by atoms with Gasteiger partial charge in [0, 0.05) is 17.6 Å². The van der Waals surface area contributed by atoms with Gasteiger partial charge in [0.25, 0.3) is 5.91 Å². The average molecular weight is 349 g/mol. The summed E-state index contributed by atoms with van der Waals surface area (Å²) in [5.41, 5.74) is 0.427. The second kappa shape index (κ2) is 7.50. The fourth-order valence-corrected chi connectivity index (χ4v) is 2.32. The van der Waals surface area contributed by atoms with Crippen molar-refractivity contribution in [1.82, 2.24) is 4.90 Å². The molecule has 1 amide bonds. The van der Waals surface area contributed by atoms with Crippen LogP contribution in [0.3, 0.4) is 0 Å². The number of nitrogens with zero attached hydrogens (tertiary/aromatic N) is 1. The summed E-state index contributed by atoms with van der Waals surface area (Å²) in [4.78, 5) is 25.0. The van der Waals surface area contributed by atoms with E-state index in [9.17, 15) is 9.59 Å². The third-order valence-corrected chi connectivity index (χ3v) is 3.45. The zero-order valence-electron chi connectivity index (χ0n) is 10.8. The van der Waals surface area contributed by atoms with Gasteiger partial charge in [-0.3, -0.25) is 9.59 Å². The van der Waals surface area contributed by atoms with Crippen molar-refractivity contribution >= 4 is 39.4 Å². The first-order valence-electron chi connectivity index (χ1n) is 5.80. The molecule has 6 heteroatoms. The minimum atomic E-state index is -0.340. The lowest BCUT2D eigenvalue weighted by molar-refractivity contribution is -0.140. The van der Waals surface area contributed by atoms with Crippen molar-refractivity contribution in [2.75, 3.05) is 20.2 Å². The number of amides is 1. The number of esters is 1. The summed E-state index contributed by atoms with van der Waals surface area (Å²) in [6.07, 6.45) is 0.171. The molecule has 1 aromatic carbocycles. The molecule has 0 radical (unpaired) electrons. The SMILES string of the molecule is CCN(CCC(=O)OC)C(=O)c1ccc(Br)cc1Cl. The van der Waals surface area contributed by atoms with Gasteiger partial charge in [-0.15, -0.1) is 0 Å². The highest BCUT2D eigenvalue weighted by molar-refractivity contribution is 9.10. The molecule has 0 spiro atoms. The first kappa shape index (κ1) is 16.0. The molecular formula is C13H15BrClNO3. The highest BCUT2D eigenvalue weighted by Crippen LogP contribution is 2.22. The lowest BCUT2D eigenvalue weighted by atomic mass is 10.2. The van der Waals surface area contributed by atoms with E-state index in [1.165, 1.54) is 7.11 Å². The summed E-state index contributed by atoms with van der Waals surface area (Å²) in [5, 5.41) is 0.385. The highest BCUT2D eigenvalue weighted by Gasteiger charge is 2.18. The van der Waals surface area contributed by atoms with Gasteiger partial charge in [0.05, 0.1) is 24.1 Å².